The molecule has 0 spiro atoms. The van der Waals surface area contributed by atoms with Gasteiger partial charge in [-0.3, -0.25) is 9.59 Å². The fourth-order valence-electron chi connectivity index (χ4n) is 2.43. The summed E-state index contributed by atoms with van der Waals surface area (Å²) in [6.45, 7) is 0. The van der Waals surface area contributed by atoms with E-state index in [0.29, 0.717) is 6.42 Å². The molecule has 5 nitrogen and oxygen atoms in total. The lowest BCUT2D eigenvalue weighted by atomic mass is 9.78. The summed E-state index contributed by atoms with van der Waals surface area (Å²) in [4.78, 5) is 23.3. The molecule has 0 aromatic carbocycles. The Hall–Kier alpha value is -1.10. The molecule has 1 aliphatic carbocycles. The van der Waals surface area contributed by atoms with Crippen LogP contribution in [0.15, 0.2) is 0 Å². The van der Waals surface area contributed by atoms with E-state index in [9.17, 15) is 9.59 Å². The molecule has 0 radical (unpaired) electrons. The van der Waals surface area contributed by atoms with Crippen LogP contribution in [0.5, 0.6) is 0 Å². The minimum absolute atomic E-state index is 0.0476. The average Bonchev–Trinajstić information content (AvgIpc) is 2.38. The van der Waals surface area contributed by atoms with Crippen LogP contribution in [0.2, 0.25) is 0 Å². The lowest BCUT2D eigenvalue weighted by molar-refractivity contribution is -0.163. The van der Waals surface area contributed by atoms with Gasteiger partial charge in [0.15, 0.2) is 5.92 Å². The van der Waals surface area contributed by atoms with Crippen LogP contribution in [0.25, 0.3) is 0 Å². The zero-order valence-electron chi connectivity index (χ0n) is 10.6. The van der Waals surface area contributed by atoms with Gasteiger partial charge in [-0.25, -0.2) is 0 Å². The second-order valence-electron chi connectivity index (χ2n) is 4.31. The zero-order chi connectivity index (χ0) is 12.8. The number of esters is 2. The summed E-state index contributed by atoms with van der Waals surface area (Å²) >= 11 is 0. The molecule has 0 N–H and O–H groups in total. The van der Waals surface area contributed by atoms with Crippen molar-refractivity contribution in [2.24, 2.45) is 11.8 Å². The minimum Gasteiger partial charge on any atom is -0.468 e. The number of carbonyl (C=O) groups excluding carboxylic acids is 2. The van der Waals surface area contributed by atoms with Crippen LogP contribution in [-0.2, 0) is 23.8 Å². The van der Waals surface area contributed by atoms with E-state index in [0.717, 1.165) is 19.3 Å². The molecule has 17 heavy (non-hydrogen) atoms. The maximum atomic E-state index is 11.6. The number of hydrogen-bond donors (Lipinski definition) is 0. The predicted molar refractivity (Wildman–Crippen MR) is 60.3 cm³/mol. The molecule has 0 amide bonds. The summed E-state index contributed by atoms with van der Waals surface area (Å²) in [7, 11) is 4.22. The normalized spacial score (nSPS) is 24.5. The topological polar surface area (TPSA) is 61.8 Å². The highest BCUT2D eigenvalue weighted by Crippen LogP contribution is 2.32. The molecule has 0 aliphatic heterocycles. The molecular weight excluding hydrogens is 224 g/mol. The van der Waals surface area contributed by atoms with Gasteiger partial charge >= 0.3 is 11.9 Å². The highest BCUT2D eigenvalue weighted by Gasteiger charge is 2.39. The molecular formula is C12H20O5. The summed E-state index contributed by atoms with van der Waals surface area (Å²) in [6, 6.07) is 0. The Balaban J connectivity index is 2.75. The van der Waals surface area contributed by atoms with Crippen molar-refractivity contribution in [2.75, 3.05) is 21.3 Å². The van der Waals surface area contributed by atoms with Gasteiger partial charge < -0.3 is 14.2 Å². The van der Waals surface area contributed by atoms with E-state index in [2.05, 4.69) is 9.47 Å². The molecule has 1 rings (SSSR count). The fourth-order valence-corrected chi connectivity index (χ4v) is 2.43. The molecule has 0 aromatic heterocycles. The van der Waals surface area contributed by atoms with Crippen molar-refractivity contribution in [1.82, 2.24) is 0 Å². The monoisotopic (exact) mass is 244 g/mol. The van der Waals surface area contributed by atoms with Gasteiger partial charge in [0.05, 0.1) is 20.3 Å². The molecule has 1 aliphatic rings. The number of hydrogen-bond acceptors (Lipinski definition) is 5. The minimum atomic E-state index is -0.817. The Morgan fingerprint density at radius 2 is 1.65 bits per heavy atom. The van der Waals surface area contributed by atoms with Gasteiger partial charge in [-0.1, -0.05) is 6.42 Å². The van der Waals surface area contributed by atoms with Crippen LogP contribution in [0, 0.1) is 11.8 Å². The van der Waals surface area contributed by atoms with E-state index in [-0.39, 0.29) is 12.0 Å². The smallest absolute Gasteiger partial charge is 0.320 e. The van der Waals surface area contributed by atoms with Crippen molar-refractivity contribution in [3.63, 3.8) is 0 Å². The van der Waals surface area contributed by atoms with Gasteiger partial charge in [0, 0.05) is 7.11 Å². The molecule has 98 valence electrons. The zero-order valence-corrected chi connectivity index (χ0v) is 10.6. The van der Waals surface area contributed by atoms with Crippen molar-refractivity contribution in [2.45, 2.75) is 31.8 Å². The lowest BCUT2D eigenvalue weighted by Crippen LogP contribution is -2.37. The second kappa shape index (κ2) is 6.59. The number of methoxy groups -OCH3 is 3. The first-order valence-electron chi connectivity index (χ1n) is 5.82. The highest BCUT2D eigenvalue weighted by atomic mass is 16.5. The third-order valence-corrected chi connectivity index (χ3v) is 3.38. The van der Waals surface area contributed by atoms with E-state index in [1.165, 1.54) is 14.2 Å². The van der Waals surface area contributed by atoms with Crippen molar-refractivity contribution < 1.29 is 23.8 Å². The van der Waals surface area contributed by atoms with Crippen LogP contribution < -0.4 is 0 Å². The summed E-state index contributed by atoms with van der Waals surface area (Å²) in [5.74, 6) is -1.89. The fraction of sp³-hybridized carbons (Fsp3) is 0.833. The second-order valence-corrected chi connectivity index (χ2v) is 4.31. The average molecular weight is 244 g/mol. The first-order valence-corrected chi connectivity index (χ1v) is 5.82. The summed E-state index contributed by atoms with van der Waals surface area (Å²) in [6.07, 6.45) is 3.57. The maximum absolute atomic E-state index is 11.6. The molecule has 5 heteroatoms. The van der Waals surface area contributed by atoms with E-state index in [1.807, 2.05) is 0 Å². The SMILES string of the molecule is COC(=O)C(C(=O)OC)C1CCCC(OC)C1. The molecule has 1 saturated carbocycles. The van der Waals surface area contributed by atoms with E-state index in [1.54, 1.807) is 7.11 Å². The first-order chi connectivity index (χ1) is 8.13. The van der Waals surface area contributed by atoms with Crippen LogP contribution in [-0.4, -0.2) is 39.4 Å². The van der Waals surface area contributed by atoms with Gasteiger partial charge in [-0.2, -0.15) is 0 Å². The van der Waals surface area contributed by atoms with Crippen LogP contribution in [0.1, 0.15) is 25.7 Å². The molecule has 0 bridgehead atoms. The Kier molecular flexibility index (Phi) is 5.41. The van der Waals surface area contributed by atoms with Crippen molar-refractivity contribution in [3.8, 4) is 0 Å². The van der Waals surface area contributed by atoms with Crippen molar-refractivity contribution in [3.05, 3.63) is 0 Å². The van der Waals surface area contributed by atoms with Crippen molar-refractivity contribution >= 4 is 11.9 Å². The van der Waals surface area contributed by atoms with Gasteiger partial charge in [0.2, 0.25) is 0 Å². The standard InChI is InChI=1S/C12H20O5/c1-15-9-6-4-5-8(7-9)10(11(13)16-2)12(14)17-3/h8-10H,4-7H2,1-3H3. The molecule has 2 unspecified atom stereocenters. The van der Waals surface area contributed by atoms with Crippen molar-refractivity contribution in [1.29, 1.82) is 0 Å². The van der Waals surface area contributed by atoms with E-state index < -0.39 is 17.9 Å². The summed E-state index contributed by atoms with van der Waals surface area (Å²) in [5.41, 5.74) is 0. The third kappa shape index (κ3) is 3.43. The van der Waals surface area contributed by atoms with Gasteiger partial charge in [0.1, 0.15) is 0 Å². The Labute approximate surface area is 101 Å². The third-order valence-electron chi connectivity index (χ3n) is 3.38. The Morgan fingerprint density at radius 1 is 1.06 bits per heavy atom. The number of rotatable bonds is 4. The number of carbonyl (C=O) groups is 2. The highest BCUT2D eigenvalue weighted by molar-refractivity contribution is 5.95. The lowest BCUT2D eigenvalue weighted by Gasteiger charge is -2.31. The quantitative estimate of drug-likeness (QED) is 0.548. The molecule has 1 fully saturated rings. The van der Waals surface area contributed by atoms with E-state index >= 15 is 0 Å². The van der Waals surface area contributed by atoms with Gasteiger partial charge in [0.25, 0.3) is 0 Å². The van der Waals surface area contributed by atoms with Crippen LogP contribution >= 0.6 is 0 Å². The molecule has 0 aromatic rings. The maximum Gasteiger partial charge on any atom is 0.320 e. The first kappa shape index (κ1) is 14.0. The molecule has 0 heterocycles. The van der Waals surface area contributed by atoms with Gasteiger partial charge in [-0.15, -0.1) is 0 Å². The summed E-state index contributed by atoms with van der Waals surface area (Å²) < 4.78 is 14.6. The van der Waals surface area contributed by atoms with E-state index in [4.69, 9.17) is 4.74 Å². The van der Waals surface area contributed by atoms with Gasteiger partial charge in [-0.05, 0) is 25.2 Å². The largest absolute Gasteiger partial charge is 0.468 e. The number of ether oxygens (including phenoxy) is 3. The predicted octanol–water partition coefficient (Wildman–Crippen LogP) is 1.15. The van der Waals surface area contributed by atoms with Crippen LogP contribution in [0.4, 0.5) is 0 Å². The molecule has 2 atom stereocenters. The van der Waals surface area contributed by atoms with Crippen LogP contribution in [0.3, 0.4) is 0 Å². The Morgan fingerprint density at radius 3 is 2.12 bits per heavy atom. The molecule has 0 saturated heterocycles. The Bertz CT molecular complexity index is 260. The summed E-state index contributed by atoms with van der Waals surface area (Å²) in [5, 5.41) is 0.